The van der Waals surface area contributed by atoms with Gasteiger partial charge in [-0.15, -0.1) is 0 Å². The van der Waals surface area contributed by atoms with E-state index in [2.05, 4.69) is 11.1 Å². The minimum Gasteiger partial charge on any atom is -0.438 e. The van der Waals surface area contributed by atoms with Gasteiger partial charge < -0.3 is 9.32 Å². The van der Waals surface area contributed by atoms with Crippen molar-refractivity contribution in [2.45, 2.75) is 32.2 Å². The molecule has 0 saturated carbocycles. The summed E-state index contributed by atoms with van der Waals surface area (Å²) in [6.45, 7) is 2.35. The Bertz CT molecular complexity index is 433. The zero-order valence-electron chi connectivity index (χ0n) is 9.14. The van der Waals surface area contributed by atoms with Crippen molar-refractivity contribution >= 4 is 5.91 Å². The lowest BCUT2D eigenvalue weighted by atomic mass is 10.0. The molecule has 0 radical (unpaired) electrons. The first-order valence-electron chi connectivity index (χ1n) is 5.34. The van der Waals surface area contributed by atoms with Gasteiger partial charge in [0.2, 0.25) is 5.76 Å². The first-order valence-corrected chi connectivity index (χ1v) is 5.34. The van der Waals surface area contributed by atoms with Gasteiger partial charge in [-0.3, -0.25) is 4.79 Å². The minimum atomic E-state index is -0.328. The molecule has 1 amide bonds. The fraction of sp³-hybridized carbons (Fsp3) is 0.545. The highest BCUT2D eigenvalue weighted by molar-refractivity contribution is 5.92. The summed E-state index contributed by atoms with van der Waals surface area (Å²) in [5.41, 5.74) is 0.576. The summed E-state index contributed by atoms with van der Waals surface area (Å²) < 4.78 is 5.06. The van der Waals surface area contributed by atoms with Crippen molar-refractivity contribution < 1.29 is 9.21 Å². The van der Waals surface area contributed by atoms with Crippen molar-refractivity contribution in [3.63, 3.8) is 0 Å². The lowest BCUT2D eigenvalue weighted by molar-refractivity contribution is 0.0637. The molecular formula is C11H13N3O2. The predicted octanol–water partition coefficient (Wildman–Crippen LogP) is 1.50. The zero-order chi connectivity index (χ0) is 11.5. The van der Waals surface area contributed by atoms with Crippen LogP contribution in [-0.2, 0) is 0 Å². The van der Waals surface area contributed by atoms with Gasteiger partial charge in [-0.05, 0) is 26.2 Å². The summed E-state index contributed by atoms with van der Waals surface area (Å²) in [5.74, 6) is 0.0309. The van der Waals surface area contributed by atoms with Gasteiger partial charge in [-0.1, -0.05) is 0 Å². The van der Waals surface area contributed by atoms with E-state index in [1.807, 2.05) is 0 Å². The second-order valence-corrected chi connectivity index (χ2v) is 3.91. The predicted molar refractivity (Wildman–Crippen MR) is 55.5 cm³/mol. The van der Waals surface area contributed by atoms with Gasteiger partial charge in [-0.2, -0.15) is 5.26 Å². The number of aromatic nitrogens is 1. The quantitative estimate of drug-likeness (QED) is 0.717. The molecule has 0 aromatic carbocycles. The van der Waals surface area contributed by atoms with Gasteiger partial charge >= 0.3 is 0 Å². The van der Waals surface area contributed by atoms with Crippen molar-refractivity contribution in [3.05, 3.63) is 17.8 Å². The van der Waals surface area contributed by atoms with E-state index in [0.717, 1.165) is 19.3 Å². The van der Waals surface area contributed by atoms with Gasteiger partial charge in [-0.25, -0.2) is 4.98 Å². The molecule has 1 atom stereocenters. The molecular weight excluding hydrogens is 206 g/mol. The molecule has 1 aromatic rings. The molecule has 1 fully saturated rings. The molecule has 0 bridgehead atoms. The number of piperidine rings is 1. The van der Waals surface area contributed by atoms with Crippen LogP contribution in [0.4, 0.5) is 0 Å². The lowest BCUT2D eigenvalue weighted by Gasteiger charge is -2.30. The normalized spacial score (nSPS) is 20.5. The fourth-order valence-electron chi connectivity index (χ4n) is 1.95. The number of rotatable bonds is 1. The van der Waals surface area contributed by atoms with Crippen LogP contribution in [0, 0.1) is 18.3 Å². The number of hydrogen-bond donors (Lipinski definition) is 0. The van der Waals surface area contributed by atoms with Gasteiger partial charge in [0.1, 0.15) is 6.04 Å². The van der Waals surface area contributed by atoms with Crippen molar-refractivity contribution in [3.8, 4) is 6.07 Å². The van der Waals surface area contributed by atoms with Crippen LogP contribution in [0.2, 0.25) is 0 Å². The van der Waals surface area contributed by atoms with E-state index in [0.29, 0.717) is 12.2 Å². The summed E-state index contributed by atoms with van der Waals surface area (Å²) in [7, 11) is 0. The van der Waals surface area contributed by atoms with Crippen molar-refractivity contribution in [1.82, 2.24) is 9.88 Å². The Morgan fingerprint density at radius 1 is 1.69 bits per heavy atom. The van der Waals surface area contributed by atoms with E-state index in [9.17, 15) is 4.79 Å². The Morgan fingerprint density at radius 3 is 3.12 bits per heavy atom. The standard InChI is InChI=1S/C11H13N3O2/c1-8-10(16-7-13-8)11(15)14-5-3-2-4-9(14)6-12/h7,9H,2-5H2,1H3. The van der Waals surface area contributed by atoms with E-state index in [-0.39, 0.29) is 17.7 Å². The molecule has 16 heavy (non-hydrogen) atoms. The molecule has 5 nitrogen and oxygen atoms in total. The largest absolute Gasteiger partial charge is 0.438 e. The molecule has 0 spiro atoms. The Balaban J connectivity index is 2.21. The molecule has 1 unspecified atom stereocenters. The smallest absolute Gasteiger partial charge is 0.292 e. The maximum absolute atomic E-state index is 12.1. The summed E-state index contributed by atoms with van der Waals surface area (Å²) in [6.07, 6.45) is 3.94. The molecule has 2 heterocycles. The van der Waals surface area contributed by atoms with Gasteiger partial charge in [0.05, 0.1) is 11.8 Å². The molecule has 84 valence electrons. The number of likely N-dealkylation sites (tertiary alicyclic amines) is 1. The van der Waals surface area contributed by atoms with Crippen LogP contribution >= 0.6 is 0 Å². The summed E-state index contributed by atoms with van der Waals surface area (Å²) in [6, 6.07) is 1.83. The maximum Gasteiger partial charge on any atom is 0.292 e. The molecule has 0 aliphatic carbocycles. The second kappa shape index (κ2) is 4.35. The van der Waals surface area contributed by atoms with Crippen LogP contribution in [-0.4, -0.2) is 28.4 Å². The lowest BCUT2D eigenvalue weighted by Crippen LogP contribution is -2.43. The highest BCUT2D eigenvalue weighted by Crippen LogP contribution is 2.20. The number of nitriles is 1. The topological polar surface area (TPSA) is 70.1 Å². The average Bonchev–Trinajstić information content (AvgIpc) is 2.74. The minimum absolute atomic E-state index is 0.221. The highest BCUT2D eigenvalue weighted by atomic mass is 16.3. The van der Waals surface area contributed by atoms with Crippen LogP contribution in [0.3, 0.4) is 0 Å². The number of nitrogens with zero attached hydrogens (tertiary/aromatic N) is 3. The summed E-state index contributed by atoms with van der Waals surface area (Å²) in [4.78, 5) is 17.6. The third-order valence-electron chi connectivity index (χ3n) is 2.85. The van der Waals surface area contributed by atoms with Crippen molar-refractivity contribution in [1.29, 1.82) is 5.26 Å². The van der Waals surface area contributed by atoms with Crippen LogP contribution in [0.5, 0.6) is 0 Å². The Labute approximate surface area is 93.7 Å². The van der Waals surface area contributed by atoms with E-state index < -0.39 is 0 Å². The van der Waals surface area contributed by atoms with E-state index in [4.69, 9.17) is 9.68 Å². The summed E-state index contributed by atoms with van der Waals surface area (Å²) in [5, 5.41) is 8.99. The number of oxazole rings is 1. The third kappa shape index (κ3) is 1.78. The average molecular weight is 219 g/mol. The second-order valence-electron chi connectivity index (χ2n) is 3.91. The first kappa shape index (κ1) is 10.7. The van der Waals surface area contributed by atoms with E-state index in [1.165, 1.54) is 6.39 Å². The number of aryl methyl sites for hydroxylation is 1. The van der Waals surface area contributed by atoms with Crippen LogP contribution in [0.15, 0.2) is 10.8 Å². The number of amides is 1. The SMILES string of the molecule is Cc1ncoc1C(=O)N1CCCCC1C#N. The molecule has 5 heteroatoms. The molecule has 1 aliphatic heterocycles. The number of hydrogen-bond acceptors (Lipinski definition) is 4. The third-order valence-corrected chi connectivity index (χ3v) is 2.85. The van der Waals surface area contributed by atoms with Crippen molar-refractivity contribution in [2.75, 3.05) is 6.54 Å². The van der Waals surface area contributed by atoms with Gasteiger partial charge in [0.25, 0.3) is 5.91 Å². The molecule has 1 aromatic heterocycles. The van der Waals surface area contributed by atoms with Crippen LogP contribution in [0.1, 0.15) is 35.5 Å². The first-order chi connectivity index (χ1) is 7.74. The Hall–Kier alpha value is -1.83. The molecule has 0 N–H and O–H groups in total. The van der Waals surface area contributed by atoms with Crippen LogP contribution in [0.25, 0.3) is 0 Å². The molecule has 1 aliphatic rings. The monoisotopic (exact) mass is 219 g/mol. The number of carbonyl (C=O) groups is 1. The van der Waals surface area contributed by atoms with Crippen LogP contribution < -0.4 is 0 Å². The highest BCUT2D eigenvalue weighted by Gasteiger charge is 2.29. The van der Waals surface area contributed by atoms with E-state index in [1.54, 1.807) is 11.8 Å². The van der Waals surface area contributed by atoms with Crippen molar-refractivity contribution in [2.24, 2.45) is 0 Å². The fourth-order valence-corrected chi connectivity index (χ4v) is 1.95. The Kier molecular flexibility index (Phi) is 2.91. The van der Waals surface area contributed by atoms with Gasteiger partial charge in [0.15, 0.2) is 6.39 Å². The number of carbonyl (C=O) groups excluding carboxylic acids is 1. The molecule has 1 saturated heterocycles. The Morgan fingerprint density at radius 2 is 2.50 bits per heavy atom. The van der Waals surface area contributed by atoms with Gasteiger partial charge in [0, 0.05) is 6.54 Å². The molecule has 2 rings (SSSR count). The summed E-state index contributed by atoms with van der Waals surface area (Å²) >= 11 is 0. The zero-order valence-corrected chi connectivity index (χ0v) is 9.14. The van der Waals surface area contributed by atoms with E-state index >= 15 is 0 Å². The maximum atomic E-state index is 12.1.